The quantitative estimate of drug-likeness (QED) is 0.571. The van der Waals surface area contributed by atoms with Crippen LogP contribution in [0.15, 0.2) is 11.4 Å². The molecule has 1 aromatic rings. The van der Waals surface area contributed by atoms with Gasteiger partial charge in [0.2, 0.25) is 5.91 Å². The minimum absolute atomic E-state index is 0.0673. The van der Waals surface area contributed by atoms with Crippen molar-refractivity contribution in [3.8, 4) is 0 Å². The molecule has 0 aromatic carbocycles. The molecule has 1 saturated heterocycles. The summed E-state index contributed by atoms with van der Waals surface area (Å²) in [7, 11) is 0. The summed E-state index contributed by atoms with van der Waals surface area (Å²) in [5.74, 6) is -0.572. The van der Waals surface area contributed by atoms with Crippen LogP contribution in [0.1, 0.15) is 62.2 Å². The number of piperidine rings is 1. The summed E-state index contributed by atoms with van der Waals surface area (Å²) in [5, 5.41) is 11.3. The Morgan fingerprint density at radius 2 is 1.73 bits per heavy atom. The van der Waals surface area contributed by atoms with Crippen molar-refractivity contribution >= 4 is 34.2 Å². The second-order valence-corrected chi connectivity index (χ2v) is 8.85. The highest BCUT2D eigenvalue weighted by molar-refractivity contribution is 7.14. The Morgan fingerprint density at radius 1 is 1.07 bits per heavy atom. The maximum atomic E-state index is 12.4. The second-order valence-electron chi connectivity index (χ2n) is 7.94. The number of rotatable bonds is 7. The molecule has 2 aliphatic rings. The molecular formula is C21H32N4O4S. The Morgan fingerprint density at radius 3 is 2.40 bits per heavy atom. The van der Waals surface area contributed by atoms with Crippen molar-refractivity contribution < 1.29 is 19.1 Å². The molecule has 0 radical (unpaired) electrons. The van der Waals surface area contributed by atoms with Gasteiger partial charge in [0.05, 0.1) is 18.7 Å². The number of urea groups is 1. The largest absolute Gasteiger partial charge is 0.462 e. The zero-order valence-electron chi connectivity index (χ0n) is 17.6. The number of amides is 3. The third-order valence-electron chi connectivity index (χ3n) is 5.64. The van der Waals surface area contributed by atoms with E-state index in [1.54, 1.807) is 18.4 Å². The van der Waals surface area contributed by atoms with Crippen molar-refractivity contribution in [1.82, 2.24) is 15.5 Å². The summed E-state index contributed by atoms with van der Waals surface area (Å²) in [6.07, 6.45) is 7.43. The van der Waals surface area contributed by atoms with Gasteiger partial charge in [-0.25, -0.2) is 9.59 Å². The molecule has 2 heterocycles. The maximum Gasteiger partial charge on any atom is 0.341 e. The molecule has 0 bridgehead atoms. The van der Waals surface area contributed by atoms with Crippen molar-refractivity contribution in [1.29, 1.82) is 0 Å². The van der Waals surface area contributed by atoms with Gasteiger partial charge in [0.1, 0.15) is 5.00 Å². The van der Waals surface area contributed by atoms with Crippen LogP contribution < -0.4 is 16.0 Å². The number of esters is 1. The van der Waals surface area contributed by atoms with Crippen LogP contribution in [0.5, 0.6) is 0 Å². The molecule has 1 aromatic heterocycles. The molecule has 30 heavy (non-hydrogen) atoms. The highest BCUT2D eigenvalue weighted by Gasteiger charge is 2.24. The number of hydrogen-bond donors (Lipinski definition) is 3. The van der Waals surface area contributed by atoms with Crippen LogP contribution >= 0.6 is 11.3 Å². The van der Waals surface area contributed by atoms with Crippen molar-refractivity contribution in [3.63, 3.8) is 0 Å². The molecule has 1 aliphatic carbocycles. The first-order chi connectivity index (χ1) is 14.5. The normalized spacial score (nSPS) is 18.6. The lowest BCUT2D eigenvalue weighted by Gasteiger charge is -2.32. The van der Waals surface area contributed by atoms with Crippen molar-refractivity contribution in [2.75, 3.05) is 31.6 Å². The van der Waals surface area contributed by atoms with Gasteiger partial charge in [0, 0.05) is 25.2 Å². The van der Waals surface area contributed by atoms with Gasteiger partial charge in [0.25, 0.3) is 0 Å². The van der Waals surface area contributed by atoms with Gasteiger partial charge in [-0.15, -0.1) is 11.3 Å². The van der Waals surface area contributed by atoms with Crippen LogP contribution in [-0.4, -0.2) is 61.1 Å². The van der Waals surface area contributed by atoms with E-state index in [9.17, 15) is 14.4 Å². The maximum absolute atomic E-state index is 12.4. The smallest absolute Gasteiger partial charge is 0.341 e. The first-order valence-corrected chi connectivity index (χ1v) is 11.8. The van der Waals surface area contributed by atoms with Gasteiger partial charge in [-0.1, -0.05) is 19.3 Å². The molecule has 0 spiro atoms. The molecule has 1 saturated carbocycles. The molecule has 1 aliphatic heterocycles. The average Bonchev–Trinajstić information content (AvgIpc) is 3.18. The predicted molar refractivity (Wildman–Crippen MR) is 117 cm³/mol. The lowest BCUT2D eigenvalue weighted by Crippen LogP contribution is -2.51. The molecule has 0 unspecified atom stereocenters. The third-order valence-corrected chi connectivity index (χ3v) is 6.47. The van der Waals surface area contributed by atoms with E-state index >= 15 is 0 Å². The first kappa shape index (κ1) is 22.6. The van der Waals surface area contributed by atoms with E-state index < -0.39 is 5.97 Å². The Bertz CT molecular complexity index is 724. The summed E-state index contributed by atoms with van der Waals surface area (Å²) in [5.41, 5.74) is 0.391. The Hall–Kier alpha value is -2.13. The first-order valence-electron chi connectivity index (χ1n) is 10.9. The Kier molecular flexibility index (Phi) is 8.50. The standard InChI is InChI=1S/C21H32N4O4S/c1-2-29-20(27)17-10-13-30-19(17)24-18(26)14-25-11-8-16(9-12-25)23-21(28)22-15-6-4-3-5-7-15/h10,13,15-16H,2-9,11-12,14H2,1H3,(H,24,26)(H2,22,23,28). The minimum atomic E-state index is -0.424. The van der Waals surface area contributed by atoms with Crippen molar-refractivity contribution in [2.24, 2.45) is 0 Å². The fourth-order valence-corrected chi connectivity index (χ4v) is 4.83. The van der Waals surface area contributed by atoms with Crippen LogP contribution in [0.3, 0.4) is 0 Å². The predicted octanol–water partition coefficient (Wildman–Crippen LogP) is 2.96. The molecule has 3 amide bonds. The number of carbonyl (C=O) groups excluding carboxylic acids is 3. The number of ether oxygens (including phenoxy) is 1. The zero-order valence-corrected chi connectivity index (χ0v) is 18.4. The number of hydrogen-bond acceptors (Lipinski definition) is 6. The SMILES string of the molecule is CCOC(=O)c1ccsc1NC(=O)CN1CCC(NC(=O)NC2CCCCC2)CC1. The third kappa shape index (κ3) is 6.70. The van der Waals surface area contributed by atoms with Gasteiger partial charge in [-0.05, 0) is 44.1 Å². The van der Waals surface area contributed by atoms with E-state index in [-0.39, 0.29) is 24.5 Å². The van der Waals surface area contributed by atoms with E-state index in [2.05, 4.69) is 20.9 Å². The topological polar surface area (TPSA) is 99.8 Å². The molecule has 9 heteroatoms. The van der Waals surface area contributed by atoms with Crippen molar-refractivity contribution in [3.05, 3.63) is 17.0 Å². The summed E-state index contributed by atoms with van der Waals surface area (Å²) in [6.45, 7) is 3.81. The molecule has 3 rings (SSSR count). The number of anilines is 1. The monoisotopic (exact) mass is 436 g/mol. The Balaban J connectivity index is 1.37. The summed E-state index contributed by atoms with van der Waals surface area (Å²) in [4.78, 5) is 38.6. The van der Waals surface area contributed by atoms with Crippen LogP contribution in [0.25, 0.3) is 0 Å². The number of carbonyl (C=O) groups is 3. The molecule has 8 nitrogen and oxygen atoms in total. The van der Waals surface area contributed by atoms with Gasteiger partial charge in [-0.3, -0.25) is 9.69 Å². The number of nitrogens with zero attached hydrogens (tertiary/aromatic N) is 1. The molecule has 166 valence electrons. The molecule has 2 fully saturated rings. The highest BCUT2D eigenvalue weighted by Crippen LogP contribution is 2.24. The number of nitrogens with one attached hydrogen (secondary N) is 3. The van der Waals surface area contributed by atoms with E-state index in [0.717, 1.165) is 38.8 Å². The molecule has 0 atom stereocenters. The van der Waals surface area contributed by atoms with Crippen LogP contribution in [0, 0.1) is 0 Å². The summed E-state index contributed by atoms with van der Waals surface area (Å²) in [6, 6.07) is 2.04. The van der Waals surface area contributed by atoms with Gasteiger partial charge in [0.15, 0.2) is 0 Å². The second kappa shape index (κ2) is 11.3. The fourth-order valence-electron chi connectivity index (χ4n) is 4.04. The highest BCUT2D eigenvalue weighted by atomic mass is 32.1. The van der Waals surface area contributed by atoms with E-state index in [4.69, 9.17) is 4.74 Å². The molecular weight excluding hydrogens is 404 g/mol. The number of likely N-dealkylation sites (tertiary alicyclic amines) is 1. The lowest BCUT2D eigenvalue weighted by atomic mass is 9.96. The summed E-state index contributed by atoms with van der Waals surface area (Å²) < 4.78 is 5.02. The number of thiophene rings is 1. The summed E-state index contributed by atoms with van der Waals surface area (Å²) >= 11 is 1.31. The van der Waals surface area contributed by atoms with Crippen LogP contribution in [0.2, 0.25) is 0 Å². The minimum Gasteiger partial charge on any atom is -0.462 e. The van der Waals surface area contributed by atoms with E-state index in [0.29, 0.717) is 23.2 Å². The molecule has 3 N–H and O–H groups in total. The zero-order chi connectivity index (χ0) is 21.3. The van der Waals surface area contributed by atoms with Gasteiger partial charge in [-0.2, -0.15) is 0 Å². The van der Waals surface area contributed by atoms with Gasteiger partial charge >= 0.3 is 12.0 Å². The lowest BCUT2D eigenvalue weighted by molar-refractivity contribution is -0.117. The van der Waals surface area contributed by atoms with E-state index in [1.807, 2.05) is 0 Å². The van der Waals surface area contributed by atoms with Crippen molar-refractivity contribution in [2.45, 2.75) is 64.0 Å². The average molecular weight is 437 g/mol. The fraction of sp³-hybridized carbons (Fsp3) is 0.667. The van der Waals surface area contributed by atoms with Crippen LogP contribution in [-0.2, 0) is 9.53 Å². The van der Waals surface area contributed by atoms with Crippen LogP contribution in [0.4, 0.5) is 9.80 Å². The van der Waals surface area contributed by atoms with Gasteiger partial charge < -0.3 is 20.7 Å². The van der Waals surface area contributed by atoms with E-state index in [1.165, 1.54) is 30.6 Å². The Labute approximate surface area is 181 Å².